The van der Waals surface area contributed by atoms with E-state index >= 15 is 0 Å². The van der Waals surface area contributed by atoms with Crippen molar-refractivity contribution in [2.24, 2.45) is 0 Å². The summed E-state index contributed by atoms with van der Waals surface area (Å²) in [6.45, 7) is -0.416. The average molecular weight is 408 g/mol. The summed E-state index contributed by atoms with van der Waals surface area (Å²) in [4.78, 5) is 24.6. The first kappa shape index (κ1) is 16.2. The minimum absolute atomic E-state index is 0.264. The number of halogens is 1. The first-order valence-electron chi connectivity index (χ1n) is 6.61. The third kappa shape index (κ3) is 3.31. The van der Waals surface area contributed by atoms with Crippen molar-refractivity contribution in [3.8, 4) is 0 Å². The molecule has 0 unspecified atom stereocenters. The van der Waals surface area contributed by atoms with E-state index in [4.69, 9.17) is 17.3 Å². The van der Waals surface area contributed by atoms with Crippen LogP contribution in [-0.2, 0) is 9.59 Å². The molecule has 1 amide bonds. The molecule has 0 bridgehead atoms. The van der Waals surface area contributed by atoms with Gasteiger partial charge in [0.25, 0.3) is 5.91 Å². The minimum Gasteiger partial charge on any atom is -0.480 e. The van der Waals surface area contributed by atoms with Gasteiger partial charge < -0.3 is 5.11 Å². The van der Waals surface area contributed by atoms with E-state index < -0.39 is 12.5 Å². The Hall–Kier alpha value is -1.70. The fourth-order valence-electron chi connectivity index (χ4n) is 2.25. The Morgan fingerprint density at radius 3 is 2.61 bits per heavy atom. The summed E-state index contributed by atoms with van der Waals surface area (Å²) in [6, 6.07) is 11.9. The number of thiocarbonyl (C=S) groups is 1. The largest absolute Gasteiger partial charge is 0.480 e. The van der Waals surface area contributed by atoms with E-state index in [0.717, 1.165) is 37.5 Å². The number of benzene rings is 2. The molecular weight excluding hydrogens is 398 g/mol. The third-order valence-corrected chi connectivity index (χ3v) is 5.38. The van der Waals surface area contributed by atoms with Gasteiger partial charge in [0, 0.05) is 4.47 Å². The van der Waals surface area contributed by atoms with Gasteiger partial charge in [0.2, 0.25) is 0 Å². The SMILES string of the molecule is O=C(O)CN1C(=O)/C(=C/c2cc3ccccc3cc2Br)SC1=S. The predicted molar refractivity (Wildman–Crippen MR) is 99.2 cm³/mol. The molecule has 1 aliphatic heterocycles. The number of fused-ring (bicyclic) bond motifs is 1. The van der Waals surface area contributed by atoms with E-state index in [2.05, 4.69) is 15.9 Å². The van der Waals surface area contributed by atoms with Crippen LogP contribution in [0, 0.1) is 0 Å². The van der Waals surface area contributed by atoms with E-state index in [0.29, 0.717) is 4.91 Å². The molecule has 116 valence electrons. The third-order valence-electron chi connectivity index (χ3n) is 3.32. The van der Waals surface area contributed by atoms with E-state index in [9.17, 15) is 9.59 Å². The lowest BCUT2D eigenvalue weighted by molar-refractivity contribution is -0.140. The van der Waals surface area contributed by atoms with Crippen LogP contribution in [0.15, 0.2) is 45.8 Å². The molecular formula is C16H10BrNO3S2. The molecule has 1 fully saturated rings. The zero-order valence-electron chi connectivity index (χ0n) is 11.7. The lowest BCUT2D eigenvalue weighted by Gasteiger charge is -2.10. The highest BCUT2D eigenvalue weighted by Crippen LogP contribution is 2.34. The highest BCUT2D eigenvalue weighted by Gasteiger charge is 2.33. The van der Waals surface area contributed by atoms with Crippen LogP contribution in [0.1, 0.15) is 5.56 Å². The number of rotatable bonds is 3. The number of carboxylic acids is 1. The summed E-state index contributed by atoms with van der Waals surface area (Å²) in [5.74, 6) is -1.46. The van der Waals surface area contributed by atoms with Gasteiger partial charge in [0.1, 0.15) is 10.9 Å². The van der Waals surface area contributed by atoms with Gasteiger partial charge in [-0.25, -0.2) is 0 Å². The number of thioether (sulfide) groups is 1. The van der Waals surface area contributed by atoms with Crippen molar-refractivity contribution in [2.75, 3.05) is 6.54 Å². The molecule has 0 spiro atoms. The normalized spacial score (nSPS) is 16.6. The fourth-order valence-corrected chi connectivity index (χ4v) is 3.98. The van der Waals surface area contributed by atoms with Crippen LogP contribution in [0.4, 0.5) is 0 Å². The zero-order chi connectivity index (χ0) is 16.6. The fraction of sp³-hybridized carbons (Fsp3) is 0.0625. The second-order valence-corrected chi connectivity index (χ2v) is 7.41. The smallest absolute Gasteiger partial charge is 0.323 e. The zero-order valence-corrected chi connectivity index (χ0v) is 14.9. The van der Waals surface area contributed by atoms with Gasteiger partial charge in [0.15, 0.2) is 0 Å². The second-order valence-electron chi connectivity index (χ2n) is 4.88. The summed E-state index contributed by atoms with van der Waals surface area (Å²) in [6.07, 6.45) is 1.73. The molecule has 2 aromatic carbocycles. The number of carbonyl (C=O) groups excluding carboxylic acids is 1. The molecule has 7 heteroatoms. The Morgan fingerprint density at radius 1 is 1.30 bits per heavy atom. The minimum atomic E-state index is -1.09. The van der Waals surface area contributed by atoms with E-state index in [-0.39, 0.29) is 10.2 Å². The maximum atomic E-state index is 12.3. The van der Waals surface area contributed by atoms with Gasteiger partial charge in [-0.2, -0.15) is 0 Å². The van der Waals surface area contributed by atoms with Crippen molar-refractivity contribution in [1.82, 2.24) is 4.90 Å². The Kier molecular flexibility index (Phi) is 4.52. The van der Waals surface area contributed by atoms with Gasteiger partial charge in [-0.3, -0.25) is 14.5 Å². The van der Waals surface area contributed by atoms with Crippen molar-refractivity contribution in [3.05, 3.63) is 51.3 Å². The molecule has 23 heavy (non-hydrogen) atoms. The summed E-state index contributed by atoms with van der Waals surface area (Å²) in [7, 11) is 0. The molecule has 0 saturated carbocycles. The van der Waals surface area contributed by atoms with Crippen LogP contribution in [0.25, 0.3) is 16.8 Å². The van der Waals surface area contributed by atoms with Crippen molar-refractivity contribution < 1.29 is 14.7 Å². The number of amides is 1. The topological polar surface area (TPSA) is 57.6 Å². The monoisotopic (exact) mass is 407 g/mol. The maximum Gasteiger partial charge on any atom is 0.323 e. The second kappa shape index (κ2) is 6.43. The van der Waals surface area contributed by atoms with Gasteiger partial charge in [-0.15, -0.1) is 0 Å². The van der Waals surface area contributed by atoms with Crippen molar-refractivity contribution in [3.63, 3.8) is 0 Å². The first-order chi connectivity index (χ1) is 11.0. The van der Waals surface area contributed by atoms with Crippen molar-refractivity contribution in [2.45, 2.75) is 0 Å². The van der Waals surface area contributed by atoms with Crippen LogP contribution in [0.3, 0.4) is 0 Å². The molecule has 1 N–H and O–H groups in total. The van der Waals surface area contributed by atoms with E-state index in [1.165, 1.54) is 0 Å². The van der Waals surface area contributed by atoms with Crippen LogP contribution in [0.2, 0.25) is 0 Å². The highest BCUT2D eigenvalue weighted by atomic mass is 79.9. The lowest BCUT2D eigenvalue weighted by Crippen LogP contribution is -2.33. The molecule has 1 heterocycles. The van der Waals surface area contributed by atoms with Crippen LogP contribution >= 0.6 is 39.9 Å². The summed E-state index contributed by atoms with van der Waals surface area (Å²) in [5, 5.41) is 11.0. The quantitative estimate of drug-likeness (QED) is 0.617. The Bertz CT molecular complexity index is 879. The lowest BCUT2D eigenvalue weighted by atomic mass is 10.1. The molecule has 0 radical (unpaired) electrons. The molecule has 0 aliphatic carbocycles. The van der Waals surface area contributed by atoms with Crippen molar-refractivity contribution >= 4 is 73.0 Å². The molecule has 1 saturated heterocycles. The number of carboxylic acid groups (broad SMARTS) is 1. The van der Waals surface area contributed by atoms with Crippen molar-refractivity contribution in [1.29, 1.82) is 0 Å². The number of hydrogen-bond donors (Lipinski definition) is 1. The first-order valence-corrected chi connectivity index (χ1v) is 8.63. The van der Waals surface area contributed by atoms with Crippen LogP contribution in [0.5, 0.6) is 0 Å². The summed E-state index contributed by atoms with van der Waals surface area (Å²) < 4.78 is 1.13. The van der Waals surface area contributed by atoms with Crippen LogP contribution in [-0.4, -0.2) is 32.7 Å². The highest BCUT2D eigenvalue weighted by molar-refractivity contribution is 9.10. The molecule has 3 rings (SSSR count). The average Bonchev–Trinajstić information content (AvgIpc) is 2.75. The van der Waals surface area contributed by atoms with E-state index in [1.54, 1.807) is 6.08 Å². The molecule has 0 atom stereocenters. The number of carbonyl (C=O) groups is 2. The maximum absolute atomic E-state index is 12.3. The van der Waals surface area contributed by atoms with Gasteiger partial charge >= 0.3 is 5.97 Å². The molecule has 2 aromatic rings. The molecule has 0 aromatic heterocycles. The predicted octanol–water partition coefficient (Wildman–Crippen LogP) is 3.89. The van der Waals surface area contributed by atoms with Crippen LogP contribution < -0.4 is 0 Å². The van der Waals surface area contributed by atoms with Gasteiger partial charge in [-0.1, -0.05) is 64.2 Å². The van der Waals surface area contributed by atoms with Gasteiger partial charge in [0.05, 0.1) is 4.91 Å². The number of hydrogen-bond acceptors (Lipinski definition) is 4. The standard InChI is InChI=1S/C16H10BrNO3S2/c17-12-6-10-4-2-1-3-9(10)5-11(12)7-13-15(21)18(8-14(19)20)16(22)23-13/h1-7H,8H2,(H,19,20)/b13-7-. The van der Waals surface area contributed by atoms with E-state index in [1.807, 2.05) is 36.4 Å². The molecule has 4 nitrogen and oxygen atoms in total. The number of aliphatic carboxylic acids is 1. The van der Waals surface area contributed by atoms with Gasteiger partial charge in [-0.05, 0) is 34.5 Å². The number of nitrogens with zero attached hydrogens (tertiary/aromatic N) is 1. The molecule has 1 aliphatic rings. The summed E-state index contributed by atoms with van der Waals surface area (Å²) >= 11 is 9.72. The Labute approximate surface area is 150 Å². The summed E-state index contributed by atoms with van der Waals surface area (Å²) in [5.41, 5.74) is 0.847. The Morgan fingerprint density at radius 2 is 1.96 bits per heavy atom. The Balaban J connectivity index is 1.99.